The molecule has 7 nitrogen and oxygen atoms in total. The highest BCUT2D eigenvalue weighted by molar-refractivity contribution is 7.71. The first-order chi connectivity index (χ1) is 12.3. The second-order valence-corrected chi connectivity index (χ2v) is 5.88. The summed E-state index contributed by atoms with van der Waals surface area (Å²) in [5, 5.41) is 7.61. The van der Waals surface area contributed by atoms with E-state index in [-0.39, 0.29) is 22.0 Å². The number of nitrogens with one attached hydrogen (secondary N) is 1. The molecule has 2 aromatic heterocycles. The molecule has 0 saturated heterocycles. The topological polar surface area (TPSA) is 85.9 Å². The van der Waals surface area contributed by atoms with Crippen LogP contribution in [0.4, 0.5) is 8.78 Å². The number of H-pyrrole nitrogens is 1. The van der Waals surface area contributed by atoms with Crippen LogP contribution in [0.5, 0.6) is 0 Å². The van der Waals surface area contributed by atoms with Gasteiger partial charge in [0, 0.05) is 6.92 Å². The first-order valence-electron chi connectivity index (χ1n) is 7.51. The number of aryl methyl sites for hydroxylation is 1. The molecule has 1 aromatic carbocycles. The highest BCUT2D eigenvalue weighted by Crippen LogP contribution is 2.29. The van der Waals surface area contributed by atoms with Gasteiger partial charge in [-0.15, -0.1) is 10.2 Å². The van der Waals surface area contributed by atoms with Crippen LogP contribution in [0.1, 0.15) is 34.9 Å². The van der Waals surface area contributed by atoms with Crippen molar-refractivity contribution in [1.82, 2.24) is 19.7 Å². The van der Waals surface area contributed by atoms with E-state index in [2.05, 4.69) is 15.2 Å². The number of hydrogen-bond acceptors (Lipinski definition) is 6. The summed E-state index contributed by atoms with van der Waals surface area (Å²) in [7, 11) is 1.22. The van der Waals surface area contributed by atoms with Crippen molar-refractivity contribution >= 4 is 18.2 Å². The van der Waals surface area contributed by atoms with Crippen LogP contribution in [0.25, 0.3) is 11.6 Å². The molecule has 0 saturated carbocycles. The average Bonchev–Trinajstić information content (AvgIpc) is 3.19. The molecule has 0 fully saturated rings. The number of esters is 1. The largest absolute Gasteiger partial charge is 0.464 e. The van der Waals surface area contributed by atoms with Gasteiger partial charge < -0.3 is 18.7 Å². The van der Waals surface area contributed by atoms with E-state index in [1.54, 1.807) is 13.8 Å². The molecular formula is C16H14F2N4O3S. The fourth-order valence-corrected chi connectivity index (χ4v) is 2.94. The van der Waals surface area contributed by atoms with E-state index in [0.29, 0.717) is 11.5 Å². The minimum Gasteiger partial charge on any atom is -0.464 e. The predicted octanol–water partition coefficient (Wildman–Crippen LogP) is 3.58. The summed E-state index contributed by atoms with van der Waals surface area (Å²) in [5.74, 6) is -2.29. The molecule has 26 heavy (non-hydrogen) atoms. The van der Waals surface area contributed by atoms with Gasteiger partial charge in [-0.05, 0) is 36.8 Å². The van der Waals surface area contributed by atoms with Gasteiger partial charge >= 0.3 is 5.97 Å². The van der Waals surface area contributed by atoms with Gasteiger partial charge in [-0.25, -0.2) is 13.6 Å². The van der Waals surface area contributed by atoms with E-state index < -0.39 is 23.6 Å². The SMILES string of the molecule is COC(=O)c1c(-c2nnc(C)o2)[nH]c(=S)n1C(C)c1ccc(F)c(F)c1. The number of hydrogen-bond donors (Lipinski definition) is 1. The van der Waals surface area contributed by atoms with Crippen molar-refractivity contribution in [2.45, 2.75) is 19.9 Å². The predicted molar refractivity (Wildman–Crippen MR) is 89.2 cm³/mol. The van der Waals surface area contributed by atoms with Gasteiger partial charge in [0.15, 0.2) is 22.1 Å². The number of nitrogens with zero attached hydrogens (tertiary/aromatic N) is 3. The number of halogens is 2. The second kappa shape index (κ2) is 6.79. The lowest BCUT2D eigenvalue weighted by Gasteiger charge is -2.17. The maximum Gasteiger partial charge on any atom is 0.357 e. The zero-order valence-electron chi connectivity index (χ0n) is 14.0. The number of ether oxygens (including phenoxy) is 1. The van der Waals surface area contributed by atoms with Gasteiger partial charge in [-0.1, -0.05) is 6.07 Å². The lowest BCUT2D eigenvalue weighted by molar-refractivity contribution is 0.0587. The molecule has 0 amide bonds. The van der Waals surface area contributed by atoms with Crippen LogP contribution >= 0.6 is 12.2 Å². The van der Waals surface area contributed by atoms with Crippen molar-refractivity contribution in [2.75, 3.05) is 7.11 Å². The normalized spacial score (nSPS) is 12.2. The Balaban J connectivity index is 2.20. The molecule has 10 heteroatoms. The summed E-state index contributed by atoms with van der Waals surface area (Å²) < 4.78 is 38.6. The Morgan fingerprint density at radius 3 is 2.65 bits per heavy atom. The smallest absolute Gasteiger partial charge is 0.357 e. The van der Waals surface area contributed by atoms with Crippen LogP contribution in [-0.4, -0.2) is 32.8 Å². The van der Waals surface area contributed by atoms with E-state index in [0.717, 1.165) is 12.1 Å². The van der Waals surface area contributed by atoms with Crippen LogP contribution in [0.15, 0.2) is 22.6 Å². The Labute approximate surface area is 151 Å². The van der Waals surface area contributed by atoms with Gasteiger partial charge in [0.1, 0.15) is 5.69 Å². The Hall–Kier alpha value is -2.88. The van der Waals surface area contributed by atoms with E-state index in [1.807, 2.05) is 0 Å². The van der Waals surface area contributed by atoms with Gasteiger partial charge in [0.05, 0.1) is 13.2 Å². The molecule has 0 radical (unpaired) electrons. The zero-order chi connectivity index (χ0) is 19.0. The van der Waals surface area contributed by atoms with E-state index in [4.69, 9.17) is 21.4 Å². The fraction of sp³-hybridized carbons (Fsp3) is 0.250. The number of methoxy groups -OCH3 is 1. The number of benzene rings is 1. The lowest BCUT2D eigenvalue weighted by atomic mass is 10.1. The fourth-order valence-electron chi connectivity index (χ4n) is 2.59. The van der Waals surface area contributed by atoms with Crippen molar-refractivity contribution in [3.8, 4) is 11.6 Å². The molecule has 3 rings (SSSR count). The molecule has 136 valence electrons. The van der Waals surface area contributed by atoms with Gasteiger partial charge in [-0.2, -0.15) is 0 Å². The first-order valence-corrected chi connectivity index (χ1v) is 7.92. The highest BCUT2D eigenvalue weighted by atomic mass is 32.1. The van der Waals surface area contributed by atoms with Crippen molar-refractivity contribution in [1.29, 1.82) is 0 Å². The number of imidazole rings is 1. The molecular weight excluding hydrogens is 366 g/mol. The highest BCUT2D eigenvalue weighted by Gasteiger charge is 2.28. The van der Waals surface area contributed by atoms with Crippen LogP contribution < -0.4 is 0 Å². The number of aromatic amines is 1. The van der Waals surface area contributed by atoms with Crippen LogP contribution in [-0.2, 0) is 4.74 Å². The third-order valence-corrected chi connectivity index (χ3v) is 4.16. The van der Waals surface area contributed by atoms with Gasteiger partial charge in [0.2, 0.25) is 5.89 Å². The lowest BCUT2D eigenvalue weighted by Crippen LogP contribution is -2.16. The van der Waals surface area contributed by atoms with Crippen molar-refractivity contribution < 1.29 is 22.7 Å². The number of carbonyl (C=O) groups excluding carboxylic acids is 1. The summed E-state index contributed by atoms with van der Waals surface area (Å²) in [5.41, 5.74) is 0.646. The summed E-state index contributed by atoms with van der Waals surface area (Å²) in [6.07, 6.45) is 0. The molecule has 0 aliphatic heterocycles. The van der Waals surface area contributed by atoms with Gasteiger partial charge in [-0.3, -0.25) is 0 Å². The molecule has 1 atom stereocenters. The minimum absolute atomic E-state index is 0.0402. The molecule has 0 aliphatic carbocycles. The van der Waals surface area contributed by atoms with Crippen molar-refractivity contribution in [3.05, 3.63) is 51.8 Å². The monoisotopic (exact) mass is 380 g/mol. The van der Waals surface area contributed by atoms with Crippen molar-refractivity contribution in [3.63, 3.8) is 0 Å². The summed E-state index contributed by atoms with van der Waals surface area (Å²) in [6.45, 7) is 3.29. The maximum atomic E-state index is 13.6. The minimum atomic E-state index is -0.997. The summed E-state index contributed by atoms with van der Waals surface area (Å²) in [6, 6.07) is 2.87. The van der Waals surface area contributed by atoms with Crippen molar-refractivity contribution in [2.24, 2.45) is 0 Å². The Morgan fingerprint density at radius 1 is 1.35 bits per heavy atom. The molecule has 0 aliphatic rings. The Morgan fingerprint density at radius 2 is 2.08 bits per heavy atom. The Bertz CT molecular complexity index is 1040. The molecule has 0 spiro atoms. The average molecular weight is 380 g/mol. The van der Waals surface area contributed by atoms with E-state index in [9.17, 15) is 13.6 Å². The number of rotatable bonds is 4. The van der Waals surface area contributed by atoms with Crippen LogP contribution in [0, 0.1) is 23.3 Å². The second-order valence-electron chi connectivity index (χ2n) is 5.49. The summed E-state index contributed by atoms with van der Waals surface area (Å²) in [4.78, 5) is 15.2. The maximum absolute atomic E-state index is 13.6. The molecule has 1 unspecified atom stereocenters. The molecule has 1 N–H and O–H groups in total. The third kappa shape index (κ3) is 3.03. The molecule has 0 bridgehead atoms. The zero-order valence-corrected chi connectivity index (χ0v) is 14.9. The number of aromatic nitrogens is 4. The standard InChI is InChI=1S/C16H14F2N4O3S/c1-7(9-4-5-10(17)11(18)6-9)22-13(15(23)24-3)12(19-16(22)26)14-21-20-8(2)25-14/h4-7H,1-3H3,(H,19,26). The molecule has 2 heterocycles. The summed E-state index contributed by atoms with van der Waals surface area (Å²) >= 11 is 5.31. The third-order valence-electron chi connectivity index (χ3n) is 3.86. The van der Waals surface area contributed by atoms with E-state index in [1.165, 1.54) is 17.7 Å². The quantitative estimate of drug-likeness (QED) is 0.550. The first kappa shape index (κ1) is 17.9. The number of carbonyl (C=O) groups is 1. The van der Waals surface area contributed by atoms with Crippen LogP contribution in [0.3, 0.4) is 0 Å². The molecule has 3 aromatic rings. The van der Waals surface area contributed by atoms with E-state index >= 15 is 0 Å². The van der Waals surface area contributed by atoms with Gasteiger partial charge in [0.25, 0.3) is 5.89 Å². The van der Waals surface area contributed by atoms with Crippen LogP contribution in [0.2, 0.25) is 0 Å². The Kier molecular flexibility index (Phi) is 4.68.